The second-order valence-corrected chi connectivity index (χ2v) is 6.62. The fraction of sp³-hybridized carbons (Fsp3) is 0.625. The van der Waals surface area contributed by atoms with E-state index in [2.05, 4.69) is 32.7 Å². The molecule has 2 unspecified atom stereocenters. The van der Waals surface area contributed by atoms with E-state index in [1.807, 2.05) is 11.0 Å². The number of nitrogens with zero attached hydrogens (tertiary/aromatic N) is 2. The number of likely N-dealkylation sites (tertiary alicyclic amines) is 1. The Morgan fingerprint density at radius 2 is 2.10 bits per heavy atom. The van der Waals surface area contributed by atoms with Gasteiger partial charge in [0.05, 0.1) is 0 Å². The molecule has 20 heavy (non-hydrogen) atoms. The van der Waals surface area contributed by atoms with Crippen molar-refractivity contribution >= 4 is 17.5 Å². The van der Waals surface area contributed by atoms with Gasteiger partial charge in [0.15, 0.2) is 0 Å². The number of aromatic nitrogens is 1. The second kappa shape index (κ2) is 6.13. The smallest absolute Gasteiger partial charge is 0.254 e. The maximum atomic E-state index is 12.7. The molecular formula is C16H23ClN2O. The van der Waals surface area contributed by atoms with Crippen LogP contribution >= 0.6 is 11.6 Å². The fourth-order valence-electron chi connectivity index (χ4n) is 2.81. The summed E-state index contributed by atoms with van der Waals surface area (Å²) in [5, 5.41) is 0.401. The lowest BCUT2D eigenvalue weighted by Crippen LogP contribution is -2.44. The van der Waals surface area contributed by atoms with E-state index in [9.17, 15) is 4.79 Å². The zero-order valence-electron chi connectivity index (χ0n) is 12.7. The highest BCUT2D eigenvalue weighted by Crippen LogP contribution is 2.25. The van der Waals surface area contributed by atoms with Gasteiger partial charge in [-0.1, -0.05) is 32.4 Å². The van der Waals surface area contributed by atoms with Crippen molar-refractivity contribution in [1.82, 2.24) is 9.88 Å². The first-order valence-electron chi connectivity index (χ1n) is 7.37. The lowest BCUT2D eigenvalue weighted by molar-refractivity contribution is 0.0588. The van der Waals surface area contributed by atoms with Gasteiger partial charge in [0.2, 0.25) is 0 Å². The molecule has 0 radical (unpaired) electrons. The van der Waals surface area contributed by atoms with Crippen molar-refractivity contribution in [2.45, 2.75) is 52.5 Å². The van der Waals surface area contributed by atoms with Crippen LogP contribution in [0, 0.1) is 5.92 Å². The molecule has 1 aromatic heterocycles. The van der Waals surface area contributed by atoms with E-state index < -0.39 is 0 Å². The molecule has 1 saturated heterocycles. The van der Waals surface area contributed by atoms with Gasteiger partial charge in [-0.2, -0.15) is 0 Å². The van der Waals surface area contributed by atoms with Crippen LogP contribution in [0.1, 0.15) is 62.5 Å². The van der Waals surface area contributed by atoms with Crippen LogP contribution < -0.4 is 0 Å². The monoisotopic (exact) mass is 294 g/mol. The Bertz CT molecular complexity index is 501. The molecule has 2 heterocycles. The molecule has 0 spiro atoms. The number of rotatable bonds is 2. The first-order valence-corrected chi connectivity index (χ1v) is 7.74. The number of piperidine rings is 1. The van der Waals surface area contributed by atoms with E-state index in [0.29, 0.717) is 22.7 Å². The van der Waals surface area contributed by atoms with Gasteiger partial charge >= 0.3 is 0 Å². The van der Waals surface area contributed by atoms with E-state index in [1.54, 1.807) is 6.07 Å². The number of hydrogen-bond donors (Lipinski definition) is 0. The van der Waals surface area contributed by atoms with Crippen molar-refractivity contribution in [3.05, 3.63) is 28.5 Å². The Labute approximate surface area is 126 Å². The molecule has 110 valence electrons. The number of amides is 1. The predicted octanol–water partition coefficient (Wildman–Crippen LogP) is 4.12. The quantitative estimate of drug-likeness (QED) is 0.769. The van der Waals surface area contributed by atoms with Crippen LogP contribution in [0.3, 0.4) is 0 Å². The predicted molar refractivity (Wildman–Crippen MR) is 82.2 cm³/mol. The summed E-state index contributed by atoms with van der Waals surface area (Å²) in [6.45, 7) is 9.31. The Kier molecular flexibility index (Phi) is 4.69. The summed E-state index contributed by atoms with van der Waals surface area (Å²) < 4.78 is 0. The third-order valence-corrected chi connectivity index (χ3v) is 4.25. The maximum Gasteiger partial charge on any atom is 0.254 e. The van der Waals surface area contributed by atoms with Crippen LogP contribution in [0.4, 0.5) is 0 Å². The molecule has 1 aromatic rings. The van der Waals surface area contributed by atoms with Crippen molar-refractivity contribution in [2.24, 2.45) is 5.92 Å². The van der Waals surface area contributed by atoms with Gasteiger partial charge in [0.25, 0.3) is 5.91 Å². The summed E-state index contributed by atoms with van der Waals surface area (Å²) in [5.74, 6) is 1.04. The van der Waals surface area contributed by atoms with Crippen molar-refractivity contribution in [2.75, 3.05) is 6.54 Å². The van der Waals surface area contributed by atoms with Crippen molar-refractivity contribution in [3.63, 3.8) is 0 Å². The van der Waals surface area contributed by atoms with Gasteiger partial charge in [-0.3, -0.25) is 4.79 Å². The molecule has 1 fully saturated rings. The number of carbonyl (C=O) groups excluding carboxylic acids is 1. The van der Waals surface area contributed by atoms with Crippen molar-refractivity contribution in [1.29, 1.82) is 0 Å². The van der Waals surface area contributed by atoms with Crippen LogP contribution in [0.2, 0.25) is 5.15 Å². The molecule has 1 aliphatic heterocycles. The van der Waals surface area contributed by atoms with Gasteiger partial charge in [-0.25, -0.2) is 4.98 Å². The van der Waals surface area contributed by atoms with Gasteiger partial charge < -0.3 is 4.90 Å². The minimum atomic E-state index is 0.0793. The molecule has 3 nitrogen and oxygen atoms in total. The lowest BCUT2D eigenvalue weighted by atomic mass is 9.93. The summed E-state index contributed by atoms with van der Waals surface area (Å²) in [6, 6.07) is 3.85. The zero-order chi connectivity index (χ0) is 14.9. The normalized spacial score (nSPS) is 23.2. The average molecular weight is 295 g/mol. The Balaban J connectivity index is 2.24. The Hall–Kier alpha value is -1.09. The van der Waals surface area contributed by atoms with Crippen LogP contribution in [-0.4, -0.2) is 28.4 Å². The molecule has 0 saturated carbocycles. The fourth-order valence-corrected chi connectivity index (χ4v) is 3.03. The third-order valence-electron chi connectivity index (χ3n) is 4.05. The molecule has 2 rings (SSSR count). The maximum absolute atomic E-state index is 12.7. The minimum Gasteiger partial charge on any atom is -0.336 e. The van der Waals surface area contributed by atoms with E-state index in [4.69, 9.17) is 11.6 Å². The zero-order valence-corrected chi connectivity index (χ0v) is 13.4. The standard InChI is InChI=1S/C16H23ClN2O/c1-10(2)14-8-13(9-15(17)18-14)16(20)19-6-5-11(3)7-12(19)4/h8-12H,5-7H2,1-4H3. The van der Waals surface area contributed by atoms with E-state index in [-0.39, 0.29) is 11.8 Å². The third kappa shape index (κ3) is 3.32. The molecule has 0 aliphatic carbocycles. The largest absolute Gasteiger partial charge is 0.336 e. The van der Waals surface area contributed by atoms with Crippen LogP contribution in [-0.2, 0) is 0 Å². The van der Waals surface area contributed by atoms with Gasteiger partial charge in [-0.15, -0.1) is 0 Å². The van der Waals surface area contributed by atoms with Crippen LogP contribution in [0.5, 0.6) is 0 Å². The summed E-state index contributed by atoms with van der Waals surface area (Å²) in [6.07, 6.45) is 2.15. The molecule has 0 N–H and O–H groups in total. The first-order chi connectivity index (χ1) is 9.38. The number of pyridine rings is 1. The minimum absolute atomic E-state index is 0.0793. The molecule has 2 atom stereocenters. The Morgan fingerprint density at radius 3 is 2.70 bits per heavy atom. The van der Waals surface area contributed by atoms with E-state index in [0.717, 1.165) is 25.1 Å². The summed E-state index contributed by atoms with van der Waals surface area (Å²) in [5.41, 5.74) is 1.54. The lowest BCUT2D eigenvalue weighted by Gasteiger charge is -2.36. The molecule has 1 aliphatic rings. The number of hydrogen-bond acceptors (Lipinski definition) is 2. The van der Waals surface area contributed by atoms with Gasteiger partial charge in [0.1, 0.15) is 5.15 Å². The second-order valence-electron chi connectivity index (χ2n) is 6.24. The highest BCUT2D eigenvalue weighted by Gasteiger charge is 2.28. The van der Waals surface area contributed by atoms with Crippen molar-refractivity contribution in [3.8, 4) is 0 Å². The highest BCUT2D eigenvalue weighted by atomic mass is 35.5. The molecular weight excluding hydrogens is 272 g/mol. The summed E-state index contributed by atoms with van der Waals surface area (Å²) >= 11 is 6.05. The summed E-state index contributed by atoms with van der Waals surface area (Å²) in [4.78, 5) is 18.9. The summed E-state index contributed by atoms with van der Waals surface area (Å²) in [7, 11) is 0. The molecule has 0 aromatic carbocycles. The number of halogens is 1. The molecule has 1 amide bonds. The molecule has 4 heteroatoms. The van der Waals surface area contributed by atoms with E-state index >= 15 is 0 Å². The van der Waals surface area contributed by atoms with Crippen LogP contribution in [0.15, 0.2) is 12.1 Å². The van der Waals surface area contributed by atoms with Gasteiger partial charge in [0, 0.05) is 23.8 Å². The topological polar surface area (TPSA) is 33.2 Å². The molecule has 0 bridgehead atoms. The average Bonchev–Trinajstić information content (AvgIpc) is 2.37. The first kappa shape index (κ1) is 15.3. The van der Waals surface area contributed by atoms with Crippen molar-refractivity contribution < 1.29 is 4.79 Å². The number of carbonyl (C=O) groups is 1. The van der Waals surface area contributed by atoms with Crippen LogP contribution in [0.25, 0.3) is 0 Å². The van der Waals surface area contributed by atoms with E-state index in [1.165, 1.54) is 0 Å². The SMILES string of the molecule is CC1CCN(C(=O)c2cc(Cl)nc(C(C)C)c2)C(C)C1. The Morgan fingerprint density at radius 1 is 1.40 bits per heavy atom. The highest BCUT2D eigenvalue weighted by molar-refractivity contribution is 6.29. The van der Waals surface area contributed by atoms with Gasteiger partial charge in [-0.05, 0) is 43.7 Å².